The zero-order chi connectivity index (χ0) is 27.8. The summed E-state index contributed by atoms with van der Waals surface area (Å²) >= 11 is 3.56. The van der Waals surface area contributed by atoms with E-state index >= 15 is 0 Å². The molecule has 2 aromatic carbocycles. The number of carbonyl (C=O) groups excluding carboxylic acids is 2. The van der Waals surface area contributed by atoms with Crippen LogP contribution in [0.2, 0.25) is 0 Å². The molecular formula is C25H18FN5O5S3. The normalized spacial score (nSPS) is 15.3. The molecule has 0 bridgehead atoms. The van der Waals surface area contributed by atoms with Gasteiger partial charge in [0.05, 0.1) is 32.1 Å². The molecule has 4 aromatic rings. The van der Waals surface area contributed by atoms with Gasteiger partial charge in [0.15, 0.2) is 10.1 Å². The van der Waals surface area contributed by atoms with Gasteiger partial charge >= 0.3 is 0 Å². The number of thioether (sulfide) groups is 1. The fourth-order valence-corrected chi connectivity index (χ4v) is 6.77. The number of non-ortho nitro benzene ring substituents is 1. The third-order valence-corrected chi connectivity index (χ3v) is 9.06. The zero-order valence-corrected chi connectivity index (χ0v) is 22.8. The highest BCUT2D eigenvalue weighted by molar-refractivity contribution is 8.00. The lowest BCUT2D eigenvalue weighted by molar-refractivity contribution is -0.384. The van der Waals surface area contributed by atoms with E-state index in [0.717, 1.165) is 28.2 Å². The van der Waals surface area contributed by atoms with E-state index in [9.17, 15) is 29.2 Å². The van der Waals surface area contributed by atoms with Crippen LogP contribution in [-0.2, 0) is 10.5 Å². The molecule has 198 valence electrons. The number of nitro groups is 1. The number of rotatable bonds is 8. The number of nitrogens with zero attached hydrogens (tertiary/aromatic N) is 5. The molecule has 3 heterocycles. The molecule has 1 aliphatic heterocycles. The number of hydrogen-bond donors (Lipinski definition) is 1. The van der Waals surface area contributed by atoms with Crippen LogP contribution in [-0.4, -0.2) is 36.9 Å². The van der Waals surface area contributed by atoms with Crippen molar-refractivity contribution in [2.24, 2.45) is 0 Å². The lowest BCUT2D eigenvalue weighted by Gasteiger charge is -2.23. The summed E-state index contributed by atoms with van der Waals surface area (Å²) in [6, 6.07) is 10.3. The molecule has 0 aliphatic carbocycles. The highest BCUT2D eigenvalue weighted by atomic mass is 32.2. The van der Waals surface area contributed by atoms with Crippen molar-refractivity contribution in [1.29, 1.82) is 0 Å². The van der Waals surface area contributed by atoms with Gasteiger partial charge in [0.1, 0.15) is 5.82 Å². The second-order valence-electron chi connectivity index (χ2n) is 8.43. The van der Waals surface area contributed by atoms with E-state index in [-0.39, 0.29) is 27.1 Å². The second-order valence-corrected chi connectivity index (χ2v) is 11.8. The first-order chi connectivity index (χ1) is 18.6. The Morgan fingerprint density at radius 2 is 1.82 bits per heavy atom. The van der Waals surface area contributed by atoms with E-state index < -0.39 is 28.4 Å². The van der Waals surface area contributed by atoms with Crippen LogP contribution in [0.15, 0.2) is 64.2 Å². The molecule has 10 nitrogen and oxygen atoms in total. The van der Waals surface area contributed by atoms with Crippen LogP contribution >= 0.6 is 34.4 Å². The van der Waals surface area contributed by atoms with Gasteiger partial charge in [-0.15, -0.1) is 21.5 Å². The molecule has 1 unspecified atom stereocenters. The molecule has 0 saturated carbocycles. The highest BCUT2D eigenvalue weighted by Gasteiger charge is 2.46. The number of aliphatic hydroxyl groups excluding tert-OH is 1. The van der Waals surface area contributed by atoms with Gasteiger partial charge in [-0.1, -0.05) is 35.2 Å². The van der Waals surface area contributed by atoms with Gasteiger partial charge in [-0.3, -0.25) is 24.6 Å². The average Bonchev–Trinajstić information content (AvgIpc) is 3.59. The minimum absolute atomic E-state index is 0.136. The first kappa shape index (κ1) is 26.6. The highest BCUT2D eigenvalue weighted by Crippen LogP contribution is 2.44. The van der Waals surface area contributed by atoms with Gasteiger partial charge in [0, 0.05) is 17.9 Å². The first-order valence-corrected chi connectivity index (χ1v) is 14.0. The lowest BCUT2D eigenvalue weighted by atomic mass is 9.95. The van der Waals surface area contributed by atoms with Gasteiger partial charge in [0.25, 0.3) is 11.6 Å². The standard InChI is InChI=1S/C25H18FN5O5S3/c1-12-22(38-13(2)27-12)20(32)18-19(15-5-9-17(10-6-15)31(35)36)30(23(34)21(18)33)24-28-29-25(39-24)37-11-14-3-7-16(26)8-4-14/h3-10,19,33H,11H2,1-2H3. The van der Waals surface area contributed by atoms with E-state index in [0.29, 0.717) is 26.4 Å². The molecule has 39 heavy (non-hydrogen) atoms. The molecular weight excluding hydrogens is 566 g/mol. The Morgan fingerprint density at radius 1 is 1.13 bits per heavy atom. The Morgan fingerprint density at radius 3 is 2.44 bits per heavy atom. The smallest absolute Gasteiger partial charge is 0.296 e. The summed E-state index contributed by atoms with van der Waals surface area (Å²) in [5.74, 6) is -2.00. The summed E-state index contributed by atoms with van der Waals surface area (Å²) in [5, 5.41) is 31.2. The number of anilines is 1. The van der Waals surface area contributed by atoms with Crippen LogP contribution < -0.4 is 4.90 Å². The molecule has 1 atom stereocenters. The van der Waals surface area contributed by atoms with E-state index in [2.05, 4.69) is 15.2 Å². The number of Topliss-reactive ketones (excluding diaryl/α,β-unsaturated/α-hetero) is 1. The number of carbonyl (C=O) groups is 2. The van der Waals surface area contributed by atoms with Crippen molar-refractivity contribution >= 4 is 56.9 Å². The minimum atomic E-state index is -1.10. The summed E-state index contributed by atoms with van der Waals surface area (Å²) in [7, 11) is 0. The van der Waals surface area contributed by atoms with Crippen LogP contribution in [0, 0.1) is 29.8 Å². The van der Waals surface area contributed by atoms with E-state index in [1.54, 1.807) is 26.0 Å². The number of benzene rings is 2. The lowest BCUT2D eigenvalue weighted by Crippen LogP contribution is -2.31. The van der Waals surface area contributed by atoms with Crippen molar-refractivity contribution in [3.05, 3.63) is 103 Å². The summed E-state index contributed by atoms with van der Waals surface area (Å²) in [6.07, 6.45) is 0. The van der Waals surface area contributed by atoms with Gasteiger partial charge in [-0.2, -0.15) is 0 Å². The van der Waals surface area contributed by atoms with Crippen LogP contribution in [0.4, 0.5) is 15.2 Å². The number of nitro benzene ring substituents is 1. The third kappa shape index (κ3) is 5.17. The predicted molar refractivity (Wildman–Crippen MR) is 145 cm³/mol. The molecule has 14 heteroatoms. The summed E-state index contributed by atoms with van der Waals surface area (Å²) < 4.78 is 13.7. The van der Waals surface area contributed by atoms with E-state index in [1.807, 2.05) is 0 Å². The largest absolute Gasteiger partial charge is 0.503 e. The Labute approximate surface area is 233 Å². The first-order valence-electron chi connectivity index (χ1n) is 11.3. The monoisotopic (exact) mass is 583 g/mol. The van der Waals surface area contributed by atoms with Crippen molar-refractivity contribution in [3.8, 4) is 0 Å². The Hall–Kier alpha value is -4.01. The number of ketones is 1. The number of aliphatic hydroxyl groups is 1. The molecule has 1 aliphatic rings. The van der Waals surface area contributed by atoms with Crippen LogP contribution in [0.1, 0.15) is 37.5 Å². The van der Waals surface area contributed by atoms with Gasteiger partial charge in [0.2, 0.25) is 10.9 Å². The molecule has 0 fully saturated rings. The predicted octanol–water partition coefficient (Wildman–Crippen LogP) is 5.73. The molecule has 5 rings (SSSR count). The fraction of sp³-hybridized carbons (Fsp3) is 0.160. The van der Waals surface area contributed by atoms with Crippen LogP contribution in [0.5, 0.6) is 0 Å². The molecule has 0 saturated heterocycles. The van der Waals surface area contributed by atoms with Crippen molar-refractivity contribution in [3.63, 3.8) is 0 Å². The van der Waals surface area contributed by atoms with Crippen molar-refractivity contribution in [1.82, 2.24) is 15.2 Å². The summed E-state index contributed by atoms with van der Waals surface area (Å²) in [6.45, 7) is 3.41. The third-order valence-electron chi connectivity index (χ3n) is 5.86. The number of aryl methyl sites for hydroxylation is 2. The minimum Gasteiger partial charge on any atom is -0.503 e. The Bertz CT molecular complexity index is 1630. The number of hydrogen-bond acceptors (Lipinski definition) is 11. The maximum absolute atomic E-state index is 13.7. The number of aromatic nitrogens is 3. The maximum atomic E-state index is 13.7. The molecule has 0 spiro atoms. The van der Waals surface area contributed by atoms with E-state index in [1.165, 1.54) is 53.1 Å². The van der Waals surface area contributed by atoms with Gasteiger partial charge in [-0.05, 0) is 49.2 Å². The maximum Gasteiger partial charge on any atom is 0.296 e. The van der Waals surface area contributed by atoms with Crippen molar-refractivity contribution in [2.45, 2.75) is 30.0 Å². The van der Waals surface area contributed by atoms with Crippen LogP contribution in [0.25, 0.3) is 0 Å². The van der Waals surface area contributed by atoms with E-state index in [4.69, 9.17) is 0 Å². The number of amides is 1. The Balaban J connectivity index is 1.51. The van der Waals surface area contributed by atoms with Crippen molar-refractivity contribution < 1.29 is 24.0 Å². The number of thiazole rings is 1. The summed E-state index contributed by atoms with van der Waals surface area (Å²) in [5.41, 5.74) is 1.36. The topological polar surface area (TPSA) is 139 Å². The SMILES string of the molecule is Cc1nc(C)c(C(=O)C2=C(O)C(=O)N(c3nnc(SCc4ccc(F)cc4)s3)C2c2ccc([N+](=O)[O-])cc2)s1. The second kappa shape index (κ2) is 10.6. The fourth-order valence-electron chi connectivity index (χ4n) is 4.08. The summed E-state index contributed by atoms with van der Waals surface area (Å²) in [4.78, 5) is 43.4. The molecule has 1 N–H and O–H groups in total. The van der Waals surface area contributed by atoms with Crippen molar-refractivity contribution in [2.75, 3.05) is 4.90 Å². The van der Waals surface area contributed by atoms with Gasteiger partial charge in [-0.25, -0.2) is 9.37 Å². The molecule has 2 aromatic heterocycles. The zero-order valence-electron chi connectivity index (χ0n) is 20.3. The average molecular weight is 584 g/mol. The van der Waals surface area contributed by atoms with Gasteiger partial charge < -0.3 is 5.11 Å². The molecule has 1 amide bonds. The Kier molecular flexibility index (Phi) is 7.25. The number of halogens is 1. The quantitative estimate of drug-likeness (QED) is 0.0905. The molecule has 0 radical (unpaired) electrons. The van der Waals surface area contributed by atoms with Crippen LogP contribution in [0.3, 0.4) is 0 Å².